The standard InChI is InChI=1S/C37H57NO7S/c1-7-26-30-20-24(39)14-17-37(30,6)29-15-18-36(5)27(11-12-28(36)32(29)33(26)40)22(2)21-44-34(41)38-46(42,43)25-10-13-31-23(19-25)9-8-16-35(3,4)45-31/h10,13,19,22,24,26-30,32-33,39-40H,7-9,11-12,14-18,20-21H2,1-6H3,(H,38,41)/t22-,24-,26-,27-,28+,29+,30+,32+,33-,36-,37-/m1/s1. The number of aliphatic hydroxyl groups is 2. The van der Waals surface area contributed by atoms with Gasteiger partial charge in [0.2, 0.25) is 0 Å². The lowest BCUT2D eigenvalue weighted by Crippen LogP contribution is -2.62. The Bertz CT molecular complexity index is 1410. The second kappa shape index (κ2) is 12.2. The highest BCUT2D eigenvalue weighted by atomic mass is 32.2. The number of carbonyl (C=O) groups excluding carboxylic acids is 1. The molecule has 0 saturated heterocycles. The molecule has 4 aliphatic carbocycles. The van der Waals surface area contributed by atoms with Crippen molar-refractivity contribution in [1.29, 1.82) is 0 Å². The van der Waals surface area contributed by atoms with E-state index < -0.39 is 16.1 Å². The lowest BCUT2D eigenvalue weighted by atomic mass is 9.41. The van der Waals surface area contributed by atoms with Gasteiger partial charge in [-0.05, 0) is 154 Å². The third-order valence-corrected chi connectivity index (χ3v) is 15.1. The molecule has 9 heteroatoms. The molecule has 1 aliphatic heterocycles. The van der Waals surface area contributed by atoms with E-state index in [1.54, 1.807) is 12.1 Å². The zero-order valence-electron chi connectivity index (χ0n) is 28.8. The highest BCUT2D eigenvalue weighted by Crippen LogP contribution is 2.69. The van der Waals surface area contributed by atoms with Crippen LogP contribution in [0.5, 0.6) is 5.75 Å². The van der Waals surface area contributed by atoms with Crippen molar-refractivity contribution >= 4 is 16.1 Å². The minimum atomic E-state index is -4.10. The van der Waals surface area contributed by atoms with Gasteiger partial charge in [-0.15, -0.1) is 0 Å². The molecule has 46 heavy (non-hydrogen) atoms. The van der Waals surface area contributed by atoms with Crippen LogP contribution in [0.2, 0.25) is 0 Å². The van der Waals surface area contributed by atoms with Crippen molar-refractivity contribution in [3.05, 3.63) is 23.8 Å². The fraction of sp³-hybridized carbons (Fsp3) is 0.811. The maximum Gasteiger partial charge on any atom is 0.421 e. The van der Waals surface area contributed by atoms with Crippen molar-refractivity contribution in [2.45, 2.75) is 135 Å². The number of rotatable bonds is 6. The molecule has 0 unspecified atom stereocenters. The third-order valence-electron chi connectivity index (χ3n) is 13.8. The van der Waals surface area contributed by atoms with E-state index in [1.807, 2.05) is 13.8 Å². The molecule has 0 spiro atoms. The normalized spacial score (nSPS) is 40.6. The summed E-state index contributed by atoms with van der Waals surface area (Å²) in [6.45, 7) is 13.4. The quantitative estimate of drug-likeness (QED) is 0.305. The predicted molar refractivity (Wildman–Crippen MR) is 177 cm³/mol. The smallest absolute Gasteiger partial charge is 0.421 e. The Morgan fingerprint density at radius 2 is 1.74 bits per heavy atom. The lowest BCUT2D eigenvalue weighted by molar-refractivity contribution is -0.203. The number of ether oxygens (including phenoxy) is 2. The molecule has 4 saturated carbocycles. The van der Waals surface area contributed by atoms with Crippen molar-refractivity contribution in [3.8, 4) is 5.75 Å². The minimum Gasteiger partial charge on any atom is -0.488 e. The molecule has 258 valence electrons. The fourth-order valence-electron chi connectivity index (χ4n) is 11.5. The Hall–Kier alpha value is -1.84. The summed E-state index contributed by atoms with van der Waals surface area (Å²) in [6, 6.07) is 4.77. The van der Waals surface area contributed by atoms with Crippen LogP contribution in [0.15, 0.2) is 23.1 Å². The highest BCUT2D eigenvalue weighted by molar-refractivity contribution is 7.90. The van der Waals surface area contributed by atoms with Crippen LogP contribution in [-0.4, -0.2) is 49.1 Å². The highest BCUT2D eigenvalue weighted by Gasteiger charge is 2.65. The van der Waals surface area contributed by atoms with Crippen LogP contribution in [-0.2, 0) is 21.2 Å². The van der Waals surface area contributed by atoms with Gasteiger partial charge in [0.15, 0.2) is 0 Å². The van der Waals surface area contributed by atoms with Crippen molar-refractivity contribution < 1.29 is 32.9 Å². The molecule has 0 radical (unpaired) electrons. The van der Waals surface area contributed by atoms with Crippen LogP contribution >= 0.6 is 0 Å². The molecule has 0 aromatic heterocycles. The van der Waals surface area contributed by atoms with Gasteiger partial charge in [0.05, 0.1) is 23.7 Å². The Morgan fingerprint density at radius 1 is 1.02 bits per heavy atom. The zero-order valence-corrected chi connectivity index (χ0v) is 29.6. The van der Waals surface area contributed by atoms with Gasteiger partial charge in [-0.2, -0.15) is 0 Å². The summed E-state index contributed by atoms with van der Waals surface area (Å²) in [6.07, 6.45) is 8.82. The van der Waals surface area contributed by atoms with E-state index in [-0.39, 0.29) is 57.9 Å². The van der Waals surface area contributed by atoms with E-state index in [0.717, 1.165) is 69.8 Å². The first-order chi connectivity index (χ1) is 21.6. The number of sulfonamides is 1. The minimum absolute atomic E-state index is 0.0294. The van der Waals surface area contributed by atoms with Gasteiger partial charge < -0.3 is 19.7 Å². The summed E-state index contributed by atoms with van der Waals surface area (Å²) < 4.78 is 40.1. The Balaban J connectivity index is 1.10. The van der Waals surface area contributed by atoms with Crippen molar-refractivity contribution in [2.24, 2.45) is 52.3 Å². The number of fused-ring (bicyclic) bond motifs is 6. The Kier molecular flexibility index (Phi) is 9.06. The van der Waals surface area contributed by atoms with Crippen LogP contribution < -0.4 is 9.46 Å². The fourth-order valence-corrected chi connectivity index (χ4v) is 12.5. The van der Waals surface area contributed by atoms with Crippen molar-refractivity contribution in [3.63, 3.8) is 0 Å². The summed E-state index contributed by atoms with van der Waals surface area (Å²) in [7, 11) is -4.10. The SMILES string of the molecule is CC[C@H]1[C@@H](O)[C@@H]2[C@H](CC[C@]3(C)[C@@H]([C@H](C)COC(=O)NS(=O)(=O)c4ccc5c(c4)CCCC(C)(C)O5)CC[C@@H]23)[C@@]2(C)CC[C@@H](O)C[C@@H]12. The molecular weight excluding hydrogens is 602 g/mol. The number of carbonyl (C=O) groups is 1. The number of nitrogens with one attached hydrogen (secondary N) is 1. The average Bonchev–Trinajstić information content (AvgIpc) is 3.25. The van der Waals surface area contributed by atoms with Gasteiger partial charge in [-0.25, -0.2) is 17.9 Å². The second-order valence-electron chi connectivity index (χ2n) is 16.8. The van der Waals surface area contributed by atoms with Gasteiger partial charge in [-0.1, -0.05) is 34.1 Å². The van der Waals surface area contributed by atoms with Crippen molar-refractivity contribution in [1.82, 2.24) is 4.72 Å². The molecule has 1 amide bonds. The monoisotopic (exact) mass is 659 g/mol. The molecule has 1 aromatic rings. The van der Waals surface area contributed by atoms with Crippen molar-refractivity contribution in [2.75, 3.05) is 6.61 Å². The van der Waals surface area contributed by atoms with Crippen LogP contribution in [0.4, 0.5) is 4.79 Å². The van der Waals surface area contributed by atoms with E-state index in [2.05, 4.69) is 32.4 Å². The average molecular weight is 660 g/mol. The summed E-state index contributed by atoms with van der Waals surface area (Å²) in [4.78, 5) is 12.9. The molecule has 8 nitrogen and oxygen atoms in total. The molecular formula is C37H57NO7S. The summed E-state index contributed by atoms with van der Waals surface area (Å²) in [5.74, 6) is 2.78. The van der Waals surface area contributed by atoms with E-state index in [1.165, 1.54) is 6.07 Å². The molecule has 11 atom stereocenters. The second-order valence-corrected chi connectivity index (χ2v) is 18.5. The number of hydrogen-bond donors (Lipinski definition) is 3. The molecule has 6 rings (SSSR count). The van der Waals surface area contributed by atoms with Gasteiger partial charge in [0.25, 0.3) is 10.0 Å². The van der Waals surface area contributed by atoms with Gasteiger partial charge in [0.1, 0.15) is 11.4 Å². The van der Waals surface area contributed by atoms with Crippen LogP contribution in [0, 0.1) is 52.3 Å². The van der Waals surface area contributed by atoms with E-state index >= 15 is 0 Å². The zero-order chi connectivity index (χ0) is 33.2. The van der Waals surface area contributed by atoms with Crippen LogP contribution in [0.1, 0.15) is 111 Å². The molecule has 3 N–H and O–H groups in total. The van der Waals surface area contributed by atoms with E-state index in [0.29, 0.717) is 35.8 Å². The third kappa shape index (κ3) is 5.89. The molecule has 1 heterocycles. The summed E-state index contributed by atoms with van der Waals surface area (Å²) in [5.41, 5.74) is 0.701. The van der Waals surface area contributed by atoms with E-state index in [4.69, 9.17) is 9.47 Å². The molecule has 0 bridgehead atoms. The van der Waals surface area contributed by atoms with Gasteiger partial charge >= 0.3 is 6.09 Å². The number of benzene rings is 1. The number of amides is 1. The summed E-state index contributed by atoms with van der Waals surface area (Å²) >= 11 is 0. The topological polar surface area (TPSA) is 122 Å². The van der Waals surface area contributed by atoms with Gasteiger partial charge in [0, 0.05) is 0 Å². The molecule has 1 aromatic carbocycles. The Labute approximate surface area is 276 Å². The first kappa shape index (κ1) is 34.0. The van der Waals surface area contributed by atoms with E-state index in [9.17, 15) is 23.4 Å². The maximum absolute atomic E-state index is 13.2. The van der Waals surface area contributed by atoms with Gasteiger partial charge in [-0.3, -0.25) is 0 Å². The maximum atomic E-state index is 13.2. The Morgan fingerprint density at radius 3 is 2.48 bits per heavy atom. The predicted octanol–water partition coefficient (Wildman–Crippen LogP) is 6.86. The summed E-state index contributed by atoms with van der Waals surface area (Å²) in [5, 5.41) is 22.5. The van der Waals surface area contributed by atoms with Crippen LogP contribution in [0.3, 0.4) is 0 Å². The largest absolute Gasteiger partial charge is 0.488 e. The molecule has 5 aliphatic rings. The number of aliphatic hydroxyl groups excluding tert-OH is 2. The number of hydrogen-bond acceptors (Lipinski definition) is 7. The first-order valence-corrected chi connectivity index (χ1v) is 19.5. The number of aryl methyl sites for hydroxylation is 1. The lowest BCUT2D eigenvalue weighted by Gasteiger charge is -2.64. The van der Waals surface area contributed by atoms with Crippen LogP contribution in [0.25, 0.3) is 0 Å². The molecule has 4 fully saturated rings. The first-order valence-electron chi connectivity index (χ1n) is 18.0.